The van der Waals surface area contributed by atoms with Gasteiger partial charge in [-0.3, -0.25) is 4.57 Å². The summed E-state index contributed by atoms with van der Waals surface area (Å²) in [6.07, 6.45) is 1.04. The number of halogens is 2. The number of aromatic nitrogens is 4. The van der Waals surface area contributed by atoms with Gasteiger partial charge in [-0.15, -0.1) is 0 Å². The summed E-state index contributed by atoms with van der Waals surface area (Å²) in [5.74, 6) is 1.13. The number of morpholine rings is 1. The molecule has 0 spiro atoms. The lowest BCUT2D eigenvalue weighted by molar-refractivity contribution is 0.122. The number of nitrogens with zero attached hydrogens (tertiary/aromatic N) is 5. The zero-order valence-corrected chi connectivity index (χ0v) is 17.8. The van der Waals surface area contributed by atoms with Crippen LogP contribution in [0.5, 0.6) is 0 Å². The summed E-state index contributed by atoms with van der Waals surface area (Å²) < 4.78 is 34.7. The normalized spacial score (nSPS) is 21.9. The Morgan fingerprint density at radius 3 is 2.53 bits per heavy atom. The van der Waals surface area contributed by atoms with Gasteiger partial charge in [-0.2, -0.15) is 9.97 Å². The molecule has 1 saturated heterocycles. The van der Waals surface area contributed by atoms with E-state index in [-0.39, 0.29) is 23.9 Å². The highest BCUT2D eigenvalue weighted by atomic mass is 19.3. The molecule has 1 aliphatic heterocycles. The third kappa shape index (κ3) is 4.24. The summed E-state index contributed by atoms with van der Waals surface area (Å²) in [5.41, 5.74) is 7.08. The van der Waals surface area contributed by atoms with E-state index < -0.39 is 6.43 Å². The fourth-order valence-corrected chi connectivity index (χ4v) is 4.42. The van der Waals surface area contributed by atoms with Gasteiger partial charge in [0.1, 0.15) is 11.6 Å². The fraction of sp³-hybridized carbons (Fsp3) is 0.500. The molecule has 32 heavy (non-hydrogen) atoms. The van der Waals surface area contributed by atoms with Gasteiger partial charge in [-0.05, 0) is 37.8 Å². The van der Waals surface area contributed by atoms with Crippen LogP contribution in [0.2, 0.25) is 0 Å². The van der Waals surface area contributed by atoms with Gasteiger partial charge in [0.15, 0.2) is 5.82 Å². The van der Waals surface area contributed by atoms with Gasteiger partial charge in [-0.1, -0.05) is 12.1 Å². The van der Waals surface area contributed by atoms with Crippen molar-refractivity contribution in [1.82, 2.24) is 19.5 Å². The quantitative estimate of drug-likeness (QED) is 0.625. The van der Waals surface area contributed by atoms with Gasteiger partial charge in [0.2, 0.25) is 5.95 Å². The molecule has 1 aromatic carbocycles. The van der Waals surface area contributed by atoms with E-state index in [2.05, 4.69) is 25.2 Å². The molecule has 2 aromatic heterocycles. The lowest BCUT2D eigenvalue weighted by Crippen LogP contribution is -2.37. The summed E-state index contributed by atoms with van der Waals surface area (Å²) in [5, 5.41) is 3.49. The van der Waals surface area contributed by atoms with Crippen molar-refractivity contribution in [2.75, 3.05) is 36.5 Å². The minimum absolute atomic E-state index is 0.188. The third-order valence-corrected chi connectivity index (χ3v) is 6.14. The Hall–Kier alpha value is -2.85. The maximum atomic E-state index is 13.9. The van der Waals surface area contributed by atoms with Gasteiger partial charge in [0.25, 0.3) is 6.43 Å². The molecule has 3 N–H and O–H groups in total. The number of hydrogen-bond donors (Lipinski definition) is 2. The Balaban J connectivity index is 1.58. The highest BCUT2D eigenvalue weighted by molar-refractivity contribution is 5.77. The van der Waals surface area contributed by atoms with Crippen molar-refractivity contribution in [1.29, 1.82) is 0 Å². The summed E-state index contributed by atoms with van der Waals surface area (Å²) >= 11 is 0. The minimum atomic E-state index is -2.76. The zero-order chi connectivity index (χ0) is 22.1. The number of hydrogen-bond acceptors (Lipinski definition) is 7. The topological polar surface area (TPSA) is 94.1 Å². The maximum absolute atomic E-state index is 13.9. The van der Waals surface area contributed by atoms with Gasteiger partial charge in [0.05, 0.1) is 24.2 Å². The van der Waals surface area contributed by atoms with Crippen molar-refractivity contribution in [3.63, 3.8) is 0 Å². The first-order chi connectivity index (χ1) is 15.6. The second kappa shape index (κ2) is 8.95. The highest BCUT2D eigenvalue weighted by Gasteiger charge is 2.25. The molecule has 10 heteroatoms. The molecule has 5 rings (SSSR count). The molecule has 2 aliphatic rings. The van der Waals surface area contributed by atoms with Crippen LogP contribution >= 0.6 is 0 Å². The molecule has 3 aromatic rings. The molecule has 1 aliphatic carbocycles. The van der Waals surface area contributed by atoms with E-state index in [0.29, 0.717) is 49.0 Å². The molecule has 170 valence electrons. The molecular formula is C22H27F2N7O. The van der Waals surface area contributed by atoms with Crippen molar-refractivity contribution < 1.29 is 13.5 Å². The van der Waals surface area contributed by atoms with Gasteiger partial charge >= 0.3 is 0 Å². The number of imidazole rings is 1. The number of para-hydroxylation sites is 2. The van der Waals surface area contributed by atoms with Crippen molar-refractivity contribution in [2.45, 2.75) is 44.2 Å². The van der Waals surface area contributed by atoms with Crippen molar-refractivity contribution in [3.05, 3.63) is 36.2 Å². The third-order valence-electron chi connectivity index (χ3n) is 6.14. The second-order valence-corrected chi connectivity index (χ2v) is 8.36. The zero-order valence-electron chi connectivity index (χ0n) is 17.8. The number of alkyl halides is 2. The van der Waals surface area contributed by atoms with E-state index in [1.807, 2.05) is 6.07 Å². The summed E-state index contributed by atoms with van der Waals surface area (Å²) in [6, 6.07) is 9.42. The Bertz CT molecular complexity index is 1080. The summed E-state index contributed by atoms with van der Waals surface area (Å²) in [6.45, 7) is 2.55. The Labute approximate surface area is 184 Å². The van der Waals surface area contributed by atoms with E-state index in [1.54, 1.807) is 24.3 Å². The highest BCUT2D eigenvalue weighted by Crippen LogP contribution is 2.29. The monoisotopic (exact) mass is 443 g/mol. The Morgan fingerprint density at radius 2 is 1.78 bits per heavy atom. The number of nitrogens with two attached hydrogens (primary N) is 1. The lowest BCUT2D eigenvalue weighted by Gasteiger charge is -2.30. The molecule has 3 heterocycles. The average molecular weight is 444 g/mol. The molecule has 0 unspecified atom stereocenters. The Morgan fingerprint density at radius 1 is 1.03 bits per heavy atom. The van der Waals surface area contributed by atoms with Crippen LogP contribution in [0, 0.1) is 0 Å². The fourth-order valence-electron chi connectivity index (χ4n) is 4.42. The predicted molar refractivity (Wildman–Crippen MR) is 119 cm³/mol. The number of rotatable bonds is 5. The first-order valence-electron chi connectivity index (χ1n) is 11.1. The van der Waals surface area contributed by atoms with Crippen LogP contribution in [0.15, 0.2) is 30.3 Å². The molecule has 0 amide bonds. The number of ether oxygens (including phenoxy) is 1. The smallest absolute Gasteiger partial charge is 0.296 e. The second-order valence-electron chi connectivity index (χ2n) is 8.36. The molecule has 8 nitrogen and oxygen atoms in total. The minimum Gasteiger partial charge on any atom is -0.378 e. The largest absolute Gasteiger partial charge is 0.378 e. The van der Waals surface area contributed by atoms with E-state index in [1.165, 1.54) is 4.57 Å². The van der Waals surface area contributed by atoms with Gasteiger partial charge < -0.3 is 20.7 Å². The first kappa shape index (κ1) is 21.0. The van der Waals surface area contributed by atoms with Crippen LogP contribution in [0.4, 0.5) is 20.4 Å². The van der Waals surface area contributed by atoms with Crippen LogP contribution < -0.4 is 16.0 Å². The summed E-state index contributed by atoms with van der Waals surface area (Å²) in [7, 11) is 0. The van der Waals surface area contributed by atoms with E-state index in [9.17, 15) is 8.78 Å². The number of anilines is 2. The van der Waals surface area contributed by atoms with Crippen molar-refractivity contribution >= 4 is 22.7 Å². The van der Waals surface area contributed by atoms with Crippen LogP contribution in [0.3, 0.4) is 0 Å². The maximum Gasteiger partial charge on any atom is 0.296 e. The number of benzene rings is 1. The number of nitrogens with one attached hydrogen (secondary N) is 1. The standard InChI is InChI=1S/C22H27F2N7O/c23-20(24)21-27-16-3-1-2-4-17(16)31(21)22-28-18(26-15-7-5-14(25)6-8-15)13-19(29-22)30-9-11-32-12-10-30/h1-4,13-15,20H,5-12,25H2,(H,26,28,29)/t14-,15-. The molecular weight excluding hydrogens is 416 g/mol. The predicted octanol–water partition coefficient (Wildman–Crippen LogP) is 3.27. The van der Waals surface area contributed by atoms with E-state index >= 15 is 0 Å². The van der Waals surface area contributed by atoms with Gasteiger partial charge in [0, 0.05) is 31.2 Å². The van der Waals surface area contributed by atoms with Crippen LogP contribution in [0.25, 0.3) is 17.0 Å². The molecule has 0 bridgehead atoms. The van der Waals surface area contributed by atoms with E-state index in [4.69, 9.17) is 10.5 Å². The van der Waals surface area contributed by atoms with Crippen LogP contribution in [-0.2, 0) is 4.74 Å². The first-order valence-corrected chi connectivity index (χ1v) is 11.1. The van der Waals surface area contributed by atoms with Crippen molar-refractivity contribution in [3.8, 4) is 5.95 Å². The van der Waals surface area contributed by atoms with Crippen LogP contribution in [-0.4, -0.2) is 57.9 Å². The number of fused-ring (bicyclic) bond motifs is 1. The van der Waals surface area contributed by atoms with Crippen molar-refractivity contribution in [2.24, 2.45) is 5.73 Å². The summed E-state index contributed by atoms with van der Waals surface area (Å²) in [4.78, 5) is 15.6. The van der Waals surface area contributed by atoms with Crippen LogP contribution in [0.1, 0.15) is 37.9 Å². The lowest BCUT2D eigenvalue weighted by atomic mass is 9.92. The molecule has 0 radical (unpaired) electrons. The molecule has 0 atom stereocenters. The van der Waals surface area contributed by atoms with E-state index in [0.717, 1.165) is 25.7 Å². The average Bonchev–Trinajstić information content (AvgIpc) is 3.21. The SMILES string of the molecule is N[C@H]1CC[C@H](Nc2cc(N3CCOCC3)nc(-n3c(C(F)F)nc4ccccc43)n2)CC1. The Kier molecular flexibility index (Phi) is 5.88. The molecule has 2 fully saturated rings. The molecule has 1 saturated carbocycles. The van der Waals surface area contributed by atoms with Gasteiger partial charge in [-0.25, -0.2) is 13.8 Å².